The molecule has 0 radical (unpaired) electrons. The molecule has 0 aromatic heterocycles. The SMILES string of the molecule is CNCc1ccc(Oc2ccc(C(C)(C)C)cc2)c(F)c1. The predicted molar refractivity (Wildman–Crippen MR) is 84.4 cm³/mol. The van der Waals surface area contributed by atoms with Gasteiger partial charge in [0.05, 0.1) is 0 Å². The van der Waals surface area contributed by atoms with Crippen LogP contribution < -0.4 is 10.1 Å². The second-order valence-electron chi connectivity index (χ2n) is 6.17. The van der Waals surface area contributed by atoms with E-state index in [9.17, 15) is 4.39 Å². The Kier molecular flexibility index (Phi) is 4.63. The average Bonchev–Trinajstić information content (AvgIpc) is 2.42. The van der Waals surface area contributed by atoms with Crippen molar-refractivity contribution in [2.24, 2.45) is 0 Å². The van der Waals surface area contributed by atoms with Crippen LogP contribution in [0.1, 0.15) is 31.9 Å². The van der Waals surface area contributed by atoms with Crippen LogP contribution >= 0.6 is 0 Å². The van der Waals surface area contributed by atoms with Gasteiger partial charge in [-0.15, -0.1) is 0 Å². The largest absolute Gasteiger partial charge is 0.454 e. The number of ether oxygens (including phenoxy) is 1. The standard InChI is InChI=1S/C18H22FNO/c1-18(2,3)14-6-8-15(9-7-14)21-17-10-5-13(12-20-4)11-16(17)19/h5-11,20H,12H2,1-4H3. The summed E-state index contributed by atoms with van der Waals surface area (Å²) in [5.41, 5.74) is 2.21. The lowest BCUT2D eigenvalue weighted by molar-refractivity contribution is 0.441. The van der Waals surface area contributed by atoms with E-state index in [0.29, 0.717) is 12.3 Å². The van der Waals surface area contributed by atoms with Gasteiger partial charge >= 0.3 is 0 Å². The van der Waals surface area contributed by atoms with Crippen LogP contribution in [0.25, 0.3) is 0 Å². The molecule has 2 nitrogen and oxygen atoms in total. The summed E-state index contributed by atoms with van der Waals surface area (Å²) < 4.78 is 19.6. The summed E-state index contributed by atoms with van der Waals surface area (Å²) >= 11 is 0. The Labute approximate surface area is 126 Å². The number of nitrogens with one attached hydrogen (secondary N) is 1. The minimum Gasteiger partial charge on any atom is -0.454 e. The Balaban J connectivity index is 2.15. The van der Waals surface area contributed by atoms with Crippen LogP contribution in [0.4, 0.5) is 4.39 Å². The Morgan fingerprint density at radius 1 is 1.05 bits per heavy atom. The molecule has 0 aliphatic carbocycles. The molecule has 2 aromatic rings. The summed E-state index contributed by atoms with van der Waals surface area (Å²) in [6.45, 7) is 7.10. The van der Waals surface area contributed by atoms with E-state index in [2.05, 4.69) is 26.1 Å². The zero-order valence-electron chi connectivity index (χ0n) is 13.0. The van der Waals surface area contributed by atoms with Crippen molar-refractivity contribution in [3.63, 3.8) is 0 Å². The Hall–Kier alpha value is -1.87. The lowest BCUT2D eigenvalue weighted by Crippen LogP contribution is -2.10. The molecule has 112 valence electrons. The molecule has 0 amide bonds. The summed E-state index contributed by atoms with van der Waals surface area (Å²) in [5, 5.41) is 2.99. The van der Waals surface area contributed by atoms with Gasteiger partial charge < -0.3 is 10.1 Å². The van der Waals surface area contributed by atoms with Gasteiger partial charge in [0.2, 0.25) is 0 Å². The monoisotopic (exact) mass is 287 g/mol. The molecular weight excluding hydrogens is 265 g/mol. The van der Waals surface area contributed by atoms with Crippen LogP contribution in [0.5, 0.6) is 11.5 Å². The first kappa shape index (κ1) is 15.5. The lowest BCUT2D eigenvalue weighted by Gasteiger charge is -2.19. The van der Waals surface area contributed by atoms with Crippen molar-refractivity contribution in [3.8, 4) is 11.5 Å². The fourth-order valence-electron chi connectivity index (χ4n) is 2.09. The summed E-state index contributed by atoms with van der Waals surface area (Å²) in [5.74, 6) is 0.546. The number of rotatable bonds is 4. The van der Waals surface area contributed by atoms with Gasteiger partial charge in [-0.25, -0.2) is 4.39 Å². The minimum absolute atomic E-state index is 0.0958. The zero-order chi connectivity index (χ0) is 15.5. The van der Waals surface area contributed by atoms with Gasteiger partial charge in [0.1, 0.15) is 5.75 Å². The Morgan fingerprint density at radius 3 is 2.24 bits per heavy atom. The van der Waals surface area contributed by atoms with Crippen LogP contribution in [0.3, 0.4) is 0 Å². The van der Waals surface area contributed by atoms with Crippen LogP contribution in [0.15, 0.2) is 42.5 Å². The first-order valence-electron chi connectivity index (χ1n) is 7.11. The van der Waals surface area contributed by atoms with Gasteiger partial charge in [0.25, 0.3) is 0 Å². The van der Waals surface area contributed by atoms with Gasteiger partial charge in [-0.05, 0) is 47.9 Å². The third-order valence-electron chi connectivity index (χ3n) is 3.33. The molecule has 0 bridgehead atoms. The molecule has 0 aliphatic rings. The summed E-state index contributed by atoms with van der Waals surface area (Å²) in [7, 11) is 1.83. The van der Waals surface area contributed by atoms with E-state index in [-0.39, 0.29) is 17.0 Å². The van der Waals surface area contributed by atoms with Crippen LogP contribution in [0, 0.1) is 5.82 Å². The highest BCUT2D eigenvalue weighted by Gasteiger charge is 2.13. The fraction of sp³-hybridized carbons (Fsp3) is 0.333. The number of hydrogen-bond donors (Lipinski definition) is 1. The van der Waals surface area contributed by atoms with Gasteiger partial charge in [-0.2, -0.15) is 0 Å². The zero-order valence-corrected chi connectivity index (χ0v) is 13.0. The van der Waals surface area contributed by atoms with Crippen molar-refractivity contribution in [2.75, 3.05) is 7.05 Å². The van der Waals surface area contributed by atoms with Crippen LogP contribution in [-0.2, 0) is 12.0 Å². The van der Waals surface area contributed by atoms with Crippen molar-refractivity contribution < 1.29 is 9.13 Å². The molecule has 0 saturated carbocycles. The minimum atomic E-state index is -0.345. The van der Waals surface area contributed by atoms with E-state index in [1.807, 2.05) is 37.4 Å². The summed E-state index contributed by atoms with van der Waals surface area (Å²) in [6.07, 6.45) is 0. The normalized spacial score (nSPS) is 11.5. The van der Waals surface area contributed by atoms with Crippen molar-refractivity contribution in [2.45, 2.75) is 32.7 Å². The quantitative estimate of drug-likeness (QED) is 0.885. The van der Waals surface area contributed by atoms with Crippen LogP contribution in [0.2, 0.25) is 0 Å². The van der Waals surface area contributed by atoms with E-state index in [1.165, 1.54) is 11.6 Å². The molecule has 0 aliphatic heterocycles. The Bertz CT molecular complexity index is 600. The van der Waals surface area contributed by atoms with Crippen molar-refractivity contribution >= 4 is 0 Å². The molecule has 0 fully saturated rings. The van der Waals surface area contributed by atoms with Crippen LogP contribution in [-0.4, -0.2) is 7.05 Å². The molecule has 0 unspecified atom stereocenters. The van der Waals surface area contributed by atoms with E-state index >= 15 is 0 Å². The van der Waals surface area contributed by atoms with Gasteiger partial charge in [0.15, 0.2) is 11.6 Å². The van der Waals surface area contributed by atoms with Crippen molar-refractivity contribution in [1.29, 1.82) is 0 Å². The smallest absolute Gasteiger partial charge is 0.166 e. The van der Waals surface area contributed by atoms with Gasteiger partial charge in [-0.3, -0.25) is 0 Å². The number of benzene rings is 2. The van der Waals surface area contributed by atoms with E-state index in [4.69, 9.17) is 4.74 Å². The van der Waals surface area contributed by atoms with Crippen molar-refractivity contribution in [3.05, 3.63) is 59.4 Å². The molecule has 0 saturated heterocycles. The van der Waals surface area contributed by atoms with Gasteiger partial charge in [0, 0.05) is 6.54 Å². The average molecular weight is 287 g/mol. The highest BCUT2D eigenvalue weighted by Crippen LogP contribution is 2.28. The highest BCUT2D eigenvalue weighted by molar-refractivity contribution is 5.37. The maximum absolute atomic E-state index is 14.0. The number of halogens is 1. The topological polar surface area (TPSA) is 21.3 Å². The van der Waals surface area contributed by atoms with E-state index in [0.717, 1.165) is 5.56 Å². The first-order chi connectivity index (χ1) is 9.90. The fourth-order valence-corrected chi connectivity index (χ4v) is 2.09. The van der Waals surface area contributed by atoms with E-state index < -0.39 is 0 Å². The Morgan fingerprint density at radius 2 is 1.71 bits per heavy atom. The molecule has 0 spiro atoms. The molecule has 1 N–H and O–H groups in total. The molecule has 2 rings (SSSR count). The second-order valence-corrected chi connectivity index (χ2v) is 6.17. The first-order valence-corrected chi connectivity index (χ1v) is 7.11. The highest BCUT2D eigenvalue weighted by atomic mass is 19.1. The third kappa shape index (κ3) is 4.05. The summed E-state index contributed by atoms with van der Waals surface area (Å²) in [4.78, 5) is 0. The van der Waals surface area contributed by atoms with Gasteiger partial charge in [-0.1, -0.05) is 39.0 Å². The molecule has 2 aromatic carbocycles. The molecular formula is C18H22FNO. The maximum Gasteiger partial charge on any atom is 0.166 e. The number of hydrogen-bond acceptors (Lipinski definition) is 2. The molecule has 0 heterocycles. The van der Waals surface area contributed by atoms with E-state index in [1.54, 1.807) is 6.07 Å². The van der Waals surface area contributed by atoms with Crippen molar-refractivity contribution in [1.82, 2.24) is 5.32 Å². The second kappa shape index (κ2) is 6.27. The lowest BCUT2D eigenvalue weighted by atomic mass is 9.87. The predicted octanol–water partition coefficient (Wildman–Crippen LogP) is 4.63. The molecule has 0 atom stereocenters. The molecule has 21 heavy (non-hydrogen) atoms. The molecule has 3 heteroatoms. The third-order valence-corrected chi connectivity index (χ3v) is 3.33. The summed E-state index contributed by atoms with van der Waals surface area (Å²) in [6, 6.07) is 12.8. The maximum atomic E-state index is 14.0.